The molecule has 0 aliphatic carbocycles. The summed E-state index contributed by atoms with van der Waals surface area (Å²) in [6, 6.07) is 12.4. The molecule has 2 fully saturated rings. The molecule has 4 N–H and O–H groups in total. The van der Waals surface area contributed by atoms with Gasteiger partial charge in [0.25, 0.3) is 5.91 Å². The van der Waals surface area contributed by atoms with Crippen LogP contribution in [-0.4, -0.2) is 127 Å². The third-order valence-electron chi connectivity index (χ3n) is 10.5. The quantitative estimate of drug-likeness (QED) is 0.349. The van der Waals surface area contributed by atoms with E-state index in [-0.39, 0.29) is 25.6 Å². The first-order chi connectivity index (χ1) is 24.6. The van der Waals surface area contributed by atoms with Crippen LogP contribution in [0.5, 0.6) is 11.5 Å². The molecule has 2 bridgehead atoms. The van der Waals surface area contributed by atoms with Gasteiger partial charge in [-0.1, -0.05) is 30.3 Å². The predicted molar refractivity (Wildman–Crippen MR) is 185 cm³/mol. The smallest absolute Gasteiger partial charge is 0.258 e. The van der Waals surface area contributed by atoms with Gasteiger partial charge in [0, 0.05) is 44.8 Å². The third-order valence-corrected chi connectivity index (χ3v) is 10.5. The van der Waals surface area contributed by atoms with Crippen LogP contribution >= 0.6 is 0 Å². The SMILES string of the molecule is C[C@@H]1NC(=O)COc2cccc(c2)CC2(CCN(C(=O)CN3CCOc4ccccc4C3)CC2)CNC(=O)[C@H](CO)NC(=O)[C@@H]2CCCN2C1=O. The van der Waals surface area contributed by atoms with E-state index < -0.39 is 53.8 Å². The summed E-state index contributed by atoms with van der Waals surface area (Å²) in [5.41, 5.74) is 1.53. The van der Waals surface area contributed by atoms with E-state index in [1.165, 1.54) is 4.90 Å². The highest BCUT2D eigenvalue weighted by molar-refractivity contribution is 5.94. The molecule has 0 saturated carbocycles. The fraction of sp³-hybridized carbons (Fsp3) is 0.541. The highest BCUT2D eigenvalue weighted by Gasteiger charge is 2.40. The Labute approximate surface area is 297 Å². The number of nitrogens with one attached hydrogen (secondary N) is 3. The zero-order valence-electron chi connectivity index (χ0n) is 29.1. The van der Waals surface area contributed by atoms with Gasteiger partial charge in [0.1, 0.15) is 36.2 Å². The first-order valence-electron chi connectivity index (χ1n) is 17.8. The van der Waals surface area contributed by atoms with Crippen molar-refractivity contribution in [1.29, 1.82) is 0 Å². The largest absolute Gasteiger partial charge is 0.492 e. The summed E-state index contributed by atoms with van der Waals surface area (Å²) in [4.78, 5) is 71.8. The highest BCUT2D eigenvalue weighted by atomic mass is 16.5. The summed E-state index contributed by atoms with van der Waals surface area (Å²) in [6.45, 7) is 4.26. The van der Waals surface area contributed by atoms with Crippen molar-refractivity contribution >= 4 is 29.5 Å². The van der Waals surface area contributed by atoms with Crippen LogP contribution in [0.15, 0.2) is 48.5 Å². The molecule has 2 aromatic carbocycles. The highest BCUT2D eigenvalue weighted by Crippen LogP contribution is 2.36. The normalized spacial score (nSPS) is 25.0. The average Bonchev–Trinajstić information content (AvgIpc) is 3.53. The van der Waals surface area contributed by atoms with E-state index in [9.17, 15) is 29.1 Å². The molecule has 5 amide bonds. The molecule has 2 saturated heterocycles. The standard InChI is InChI=1S/C37H48N6O8/c1-25-36(49)43-13-5-9-30(43)35(48)40-29(22-44)34(47)38-24-37(19-26-6-4-8-28(18-26)51-23-32(45)39-25)11-14-42(15-12-37)33(46)21-41-16-17-50-31-10-3-2-7-27(31)20-41/h2-4,6-8,10,18,25,29-30,44H,5,9,11-17,19-24H2,1H3,(H,38,47)(H,39,45)(H,40,48)/t25-,29-,30-/m0/s1. The molecular weight excluding hydrogens is 656 g/mol. The molecule has 274 valence electrons. The minimum Gasteiger partial charge on any atom is -0.492 e. The van der Waals surface area contributed by atoms with Gasteiger partial charge in [-0.3, -0.25) is 28.9 Å². The molecule has 6 rings (SSSR count). The molecule has 51 heavy (non-hydrogen) atoms. The summed E-state index contributed by atoms with van der Waals surface area (Å²) in [6.07, 6.45) is 2.74. The van der Waals surface area contributed by atoms with Crippen molar-refractivity contribution in [3.63, 3.8) is 0 Å². The molecule has 4 heterocycles. The molecular formula is C37H48N6O8. The summed E-state index contributed by atoms with van der Waals surface area (Å²) in [7, 11) is 0. The summed E-state index contributed by atoms with van der Waals surface area (Å²) in [5.74, 6) is -0.574. The van der Waals surface area contributed by atoms with Crippen LogP contribution in [0.1, 0.15) is 43.7 Å². The minimum atomic E-state index is -1.22. The van der Waals surface area contributed by atoms with Crippen molar-refractivity contribution in [2.45, 2.75) is 63.7 Å². The van der Waals surface area contributed by atoms with Crippen LogP contribution in [0.25, 0.3) is 0 Å². The van der Waals surface area contributed by atoms with Gasteiger partial charge in [0.2, 0.25) is 23.6 Å². The third kappa shape index (κ3) is 8.79. The lowest BCUT2D eigenvalue weighted by atomic mass is 9.73. The van der Waals surface area contributed by atoms with Crippen LogP contribution in [0.2, 0.25) is 0 Å². The fourth-order valence-electron chi connectivity index (χ4n) is 7.54. The zero-order valence-corrected chi connectivity index (χ0v) is 29.1. The van der Waals surface area contributed by atoms with Crippen LogP contribution < -0.4 is 25.4 Å². The molecule has 0 aromatic heterocycles. The number of piperidine rings is 1. The average molecular weight is 705 g/mol. The van der Waals surface area contributed by atoms with E-state index in [1.807, 2.05) is 47.4 Å². The Morgan fingerprint density at radius 3 is 2.57 bits per heavy atom. The van der Waals surface area contributed by atoms with E-state index in [0.29, 0.717) is 77.2 Å². The molecule has 2 aromatic rings. The minimum absolute atomic E-state index is 0.0369. The number of hydrogen-bond donors (Lipinski definition) is 4. The molecule has 3 atom stereocenters. The summed E-state index contributed by atoms with van der Waals surface area (Å²) >= 11 is 0. The Morgan fingerprint density at radius 1 is 0.961 bits per heavy atom. The van der Waals surface area contributed by atoms with Crippen LogP contribution in [0.4, 0.5) is 0 Å². The number of para-hydroxylation sites is 1. The van der Waals surface area contributed by atoms with Crippen molar-refractivity contribution in [1.82, 2.24) is 30.7 Å². The fourth-order valence-corrected chi connectivity index (χ4v) is 7.54. The van der Waals surface area contributed by atoms with E-state index >= 15 is 0 Å². The number of amides is 5. The van der Waals surface area contributed by atoms with Crippen LogP contribution in [-0.2, 0) is 36.9 Å². The van der Waals surface area contributed by atoms with Gasteiger partial charge in [-0.15, -0.1) is 0 Å². The van der Waals surface area contributed by atoms with Crippen molar-refractivity contribution in [3.05, 3.63) is 59.7 Å². The molecule has 4 aliphatic heterocycles. The molecule has 14 heteroatoms. The first-order valence-corrected chi connectivity index (χ1v) is 17.8. The van der Waals surface area contributed by atoms with Gasteiger partial charge in [-0.05, 0) is 68.2 Å². The zero-order chi connectivity index (χ0) is 36.0. The lowest BCUT2D eigenvalue weighted by Gasteiger charge is -2.43. The summed E-state index contributed by atoms with van der Waals surface area (Å²) in [5, 5.41) is 18.5. The Hall–Kier alpha value is -4.69. The van der Waals surface area contributed by atoms with Gasteiger partial charge in [-0.2, -0.15) is 0 Å². The molecule has 4 aliphatic rings. The van der Waals surface area contributed by atoms with Gasteiger partial charge in [0.05, 0.1) is 13.2 Å². The van der Waals surface area contributed by atoms with Gasteiger partial charge < -0.3 is 40.3 Å². The monoisotopic (exact) mass is 704 g/mol. The maximum atomic E-state index is 13.6. The lowest BCUT2D eigenvalue weighted by molar-refractivity contribution is -0.142. The number of rotatable bonds is 3. The Balaban J connectivity index is 1.17. The van der Waals surface area contributed by atoms with Gasteiger partial charge >= 0.3 is 0 Å². The Bertz CT molecular complexity index is 1610. The number of benzene rings is 2. The number of carbonyl (C=O) groups is 5. The number of carbonyl (C=O) groups excluding carboxylic acids is 5. The maximum Gasteiger partial charge on any atom is 0.258 e. The van der Waals surface area contributed by atoms with E-state index in [4.69, 9.17) is 9.47 Å². The Kier molecular flexibility index (Phi) is 11.4. The predicted octanol–water partition coefficient (Wildman–Crippen LogP) is 0.214. The van der Waals surface area contributed by atoms with Crippen molar-refractivity contribution < 1.29 is 38.6 Å². The lowest BCUT2D eigenvalue weighted by Crippen LogP contribution is -2.57. The van der Waals surface area contributed by atoms with E-state index in [0.717, 1.165) is 16.9 Å². The second-order valence-corrected chi connectivity index (χ2v) is 14.1. The van der Waals surface area contributed by atoms with Crippen LogP contribution in [0.3, 0.4) is 0 Å². The number of ether oxygens (including phenoxy) is 2. The Morgan fingerprint density at radius 2 is 1.76 bits per heavy atom. The summed E-state index contributed by atoms with van der Waals surface area (Å²) < 4.78 is 11.7. The van der Waals surface area contributed by atoms with E-state index in [2.05, 4.69) is 20.9 Å². The molecule has 14 nitrogen and oxygen atoms in total. The molecule has 0 radical (unpaired) electrons. The van der Waals surface area contributed by atoms with Crippen molar-refractivity contribution in [2.24, 2.45) is 5.41 Å². The molecule has 0 unspecified atom stereocenters. The van der Waals surface area contributed by atoms with Gasteiger partial charge in [-0.25, -0.2) is 0 Å². The second kappa shape index (κ2) is 16.1. The topological polar surface area (TPSA) is 170 Å². The van der Waals surface area contributed by atoms with Crippen molar-refractivity contribution in [2.75, 3.05) is 59.1 Å². The maximum absolute atomic E-state index is 13.6. The number of nitrogens with zero attached hydrogens (tertiary/aromatic N) is 3. The number of aliphatic hydroxyl groups is 1. The van der Waals surface area contributed by atoms with Crippen LogP contribution in [0, 0.1) is 5.41 Å². The molecule has 1 spiro atoms. The number of aliphatic hydroxyl groups excluding tert-OH is 1. The first kappa shape index (κ1) is 36.1. The number of hydrogen-bond acceptors (Lipinski definition) is 9. The van der Waals surface area contributed by atoms with Gasteiger partial charge in [0.15, 0.2) is 6.61 Å². The second-order valence-electron chi connectivity index (χ2n) is 14.1. The van der Waals surface area contributed by atoms with E-state index in [1.54, 1.807) is 13.0 Å². The number of likely N-dealkylation sites (tertiary alicyclic amines) is 1. The van der Waals surface area contributed by atoms with Crippen molar-refractivity contribution in [3.8, 4) is 11.5 Å². The number of fused-ring (bicyclic) bond motifs is 4.